The van der Waals surface area contributed by atoms with Crippen LogP contribution in [0.3, 0.4) is 0 Å². The number of carbonyl (C=O) groups is 2. The Bertz CT molecular complexity index is 3850. The predicted molar refractivity (Wildman–Crippen MR) is 326 cm³/mol. The smallest absolute Gasteiger partial charge is 0.278 e. The molecule has 2 N–H and O–H groups in total. The van der Waals surface area contributed by atoms with Gasteiger partial charge in [0.05, 0.1) is 36.6 Å². The first-order chi connectivity index (χ1) is 42.2. The van der Waals surface area contributed by atoms with Gasteiger partial charge in [0.25, 0.3) is 11.8 Å². The Hall–Kier alpha value is -6.78. The highest BCUT2D eigenvalue weighted by Gasteiger charge is 2.64. The summed E-state index contributed by atoms with van der Waals surface area (Å²) < 4.78 is 87.3. The summed E-state index contributed by atoms with van der Waals surface area (Å²) in [5.74, 6) is -0.667. The van der Waals surface area contributed by atoms with Crippen LogP contribution in [0.15, 0.2) is 117 Å². The zero-order valence-corrected chi connectivity index (χ0v) is 50.0. The van der Waals surface area contributed by atoms with Crippen molar-refractivity contribution in [2.24, 2.45) is 11.8 Å². The molecule has 10 aliphatic rings. The van der Waals surface area contributed by atoms with E-state index in [9.17, 15) is 33.1 Å². The summed E-state index contributed by atoms with van der Waals surface area (Å²) >= 11 is 2.65. The monoisotopic (exact) mass is 1240 g/mol. The van der Waals surface area contributed by atoms with Crippen LogP contribution in [-0.2, 0) is 21.0 Å². The highest BCUT2D eigenvalue weighted by molar-refractivity contribution is 7.98. The number of rotatable bonds is 9. The molecule has 2 spiro atoms. The maximum atomic E-state index is 16.2. The van der Waals surface area contributed by atoms with Gasteiger partial charge in [0, 0.05) is 87.4 Å². The lowest BCUT2D eigenvalue weighted by atomic mass is 9.71. The molecule has 6 saturated heterocycles. The van der Waals surface area contributed by atoms with Crippen molar-refractivity contribution in [1.29, 1.82) is 0 Å². The fourth-order valence-electron chi connectivity index (χ4n) is 15.6. The molecule has 6 aromatic rings. The molecule has 2 aromatic heterocycles. The average Bonchev–Trinajstić information content (AvgIpc) is 1.35. The van der Waals surface area contributed by atoms with E-state index < -0.39 is 24.1 Å². The second-order valence-corrected chi connectivity index (χ2v) is 26.4. The fourth-order valence-corrected chi connectivity index (χ4v) is 17.8. The summed E-state index contributed by atoms with van der Waals surface area (Å²) in [5, 5.41) is 12.3. The van der Waals surface area contributed by atoms with E-state index in [1.165, 1.54) is 66.0 Å². The van der Waals surface area contributed by atoms with Crippen LogP contribution in [0, 0.1) is 35.1 Å². The molecule has 2 amide bonds. The van der Waals surface area contributed by atoms with E-state index in [1.807, 2.05) is 33.9 Å². The van der Waals surface area contributed by atoms with Crippen LogP contribution in [0.1, 0.15) is 165 Å². The Morgan fingerprint density at radius 3 is 1.78 bits per heavy atom. The topological polar surface area (TPSA) is 157 Å². The molecule has 21 heteroatoms. The van der Waals surface area contributed by atoms with Crippen molar-refractivity contribution < 1.29 is 51.2 Å². The van der Waals surface area contributed by atoms with E-state index in [4.69, 9.17) is 18.9 Å². The van der Waals surface area contributed by atoms with Crippen molar-refractivity contribution >= 4 is 35.3 Å². The summed E-state index contributed by atoms with van der Waals surface area (Å²) in [6, 6.07) is 21.3. The van der Waals surface area contributed by atoms with Gasteiger partial charge in [-0.2, -0.15) is 0 Å². The molecule has 6 fully saturated rings. The molecule has 16 rings (SSSR count). The third kappa shape index (κ3) is 9.90. The number of benzene rings is 4. The predicted octanol–water partition coefficient (Wildman–Crippen LogP) is 11.7. The average molecular weight is 1250 g/mol. The van der Waals surface area contributed by atoms with Crippen LogP contribution in [0.5, 0.6) is 11.5 Å². The number of nitrogens with zero attached hydrogens (tertiary/aromatic N) is 5. The second-order valence-electron chi connectivity index (χ2n) is 24.4. The van der Waals surface area contributed by atoms with Crippen LogP contribution in [-0.4, -0.2) is 98.1 Å². The third-order valence-corrected chi connectivity index (χ3v) is 22.0. The van der Waals surface area contributed by atoms with Gasteiger partial charge in [-0.05, 0) is 105 Å². The number of piperidine rings is 2. The number of nitrogens with one attached hydrogen (secondary N) is 1. The minimum absolute atomic E-state index is 0. The first-order valence-electron chi connectivity index (χ1n) is 30.6. The number of carbonyl (C=O) groups excluding carboxylic acids is 2. The Morgan fingerprint density at radius 1 is 0.625 bits per heavy atom. The van der Waals surface area contributed by atoms with Crippen molar-refractivity contribution in [3.05, 3.63) is 186 Å². The number of ether oxygens (including phenoxy) is 4. The Kier molecular flexibility index (Phi) is 16.3. The molecule has 15 nitrogen and oxygen atoms in total. The Morgan fingerprint density at radius 2 is 1.15 bits per heavy atom. The fraction of sp³-hybridized carbons (Fsp3) is 0.463. The summed E-state index contributed by atoms with van der Waals surface area (Å²) in [7, 11) is 0. The molecule has 4 bridgehead atoms. The number of aromatic nitrogens is 2. The van der Waals surface area contributed by atoms with Crippen molar-refractivity contribution in [3.8, 4) is 11.5 Å². The second kappa shape index (κ2) is 23.9. The highest BCUT2D eigenvalue weighted by atomic mass is 32.2. The van der Waals surface area contributed by atoms with E-state index in [-0.39, 0.29) is 99.7 Å². The standard InChI is InChI=1S/C33H33F2N3O4S.C19H25N3O4.C14H10F2OS.CH4/c1-2-3-16-41-29-25(39)11-14-37-28(29)32(40)36-15-13-33-12-10-20(42-33)17-22(33)31(36)38(37)27-21-7-5-9-24(35)30(21)43-18-19-6-4-8-23(34)26(19)27;1-2-3-10-25-16-14(23)5-8-22-15(16)18(24)21-9-7-19-6-4-12(26-19)11-13(19)17(21)20-22;15-10-5-1-3-8-7-18-14-9(13(17)12(8)10)4-2-6-11(14)16;/h4-9,11,14,20,22,27,31H,2-3,10,12-13,15-18H2,1H3;5,8,12-13,17,20H,2-4,6-7,9-11H2,1H3;1-6,13,17H,7H2;1H4/t20-,22+,27?,31+,33-;12-,13+,17-,19-;;/m00../s1. The zero-order valence-electron chi connectivity index (χ0n) is 48.4. The lowest BCUT2D eigenvalue weighted by molar-refractivity contribution is -0.0757. The first-order valence-corrected chi connectivity index (χ1v) is 32.5. The molecule has 0 radical (unpaired) electrons. The number of pyridine rings is 2. The molecular formula is C67H72F4N6O9S2. The minimum atomic E-state index is -1.11. The van der Waals surface area contributed by atoms with Gasteiger partial charge in [0.2, 0.25) is 10.9 Å². The quantitative estimate of drug-likeness (QED) is 0.104. The van der Waals surface area contributed by atoms with Crippen LogP contribution in [0.25, 0.3) is 0 Å². The summed E-state index contributed by atoms with van der Waals surface area (Å²) in [6.45, 7) is 5.92. The maximum absolute atomic E-state index is 16.2. The maximum Gasteiger partial charge on any atom is 0.278 e. The molecule has 10 atom stereocenters. The van der Waals surface area contributed by atoms with Crippen molar-refractivity contribution in [1.82, 2.24) is 19.2 Å². The molecule has 12 heterocycles. The van der Waals surface area contributed by atoms with E-state index in [0.717, 1.165) is 76.2 Å². The molecular weight excluding hydrogens is 1170 g/mol. The highest BCUT2D eigenvalue weighted by Crippen LogP contribution is 2.58. The van der Waals surface area contributed by atoms with Crippen LogP contribution in [0.4, 0.5) is 17.6 Å². The number of aliphatic hydroxyl groups is 1. The van der Waals surface area contributed by atoms with Crippen molar-refractivity contribution in [2.45, 2.75) is 168 Å². The van der Waals surface area contributed by atoms with Gasteiger partial charge in [-0.15, -0.1) is 23.5 Å². The molecule has 4 aromatic carbocycles. The van der Waals surface area contributed by atoms with Gasteiger partial charge in [0.1, 0.15) is 47.7 Å². The largest absolute Gasteiger partial charge is 0.487 e. The minimum Gasteiger partial charge on any atom is -0.487 e. The SMILES string of the molecule is C.CCCCOc1c2n(ccc1=O)N(C1c3cccc(F)c3SCc3cccc(F)c31)[C@@H]1[C@H]3C[C@@H]4CC[C@@]3(CCN1C2=O)O4.CCCCOc1c2n(ccc1=O)N[C@@H]1[C@H]3C[C@@H]4CC[C@@]3(CCN1C2=O)O4.OC1c2cccc(F)c2SCc2cccc(F)c21. The van der Waals surface area contributed by atoms with Gasteiger partial charge >= 0.3 is 0 Å². The summed E-state index contributed by atoms with van der Waals surface area (Å²) in [6.07, 6.45) is 12.9. The lowest BCUT2D eigenvalue weighted by Crippen LogP contribution is -2.70. The molecule has 2 unspecified atom stereocenters. The number of fused-ring (bicyclic) bond motifs is 12. The van der Waals surface area contributed by atoms with Crippen molar-refractivity contribution in [2.75, 3.05) is 36.7 Å². The number of unbranched alkanes of at least 4 members (excludes halogenated alkanes) is 2. The third-order valence-electron chi connectivity index (χ3n) is 19.6. The van der Waals surface area contributed by atoms with Gasteiger partial charge in [-0.25, -0.2) is 17.6 Å². The van der Waals surface area contributed by atoms with E-state index in [1.54, 1.807) is 52.1 Å². The van der Waals surface area contributed by atoms with Crippen LogP contribution < -0.4 is 30.8 Å². The van der Waals surface area contributed by atoms with Gasteiger partial charge in [-0.3, -0.25) is 33.5 Å². The van der Waals surface area contributed by atoms with Crippen LogP contribution >= 0.6 is 23.5 Å². The summed E-state index contributed by atoms with van der Waals surface area (Å²) in [5.41, 5.74) is 6.12. The number of hydrogen-bond acceptors (Lipinski definition) is 13. The number of halogens is 4. The van der Waals surface area contributed by atoms with E-state index in [0.29, 0.717) is 94.0 Å². The number of hydrogen-bond donors (Lipinski definition) is 2. The van der Waals surface area contributed by atoms with Crippen molar-refractivity contribution in [3.63, 3.8) is 0 Å². The van der Waals surface area contributed by atoms with E-state index >= 15 is 8.78 Å². The summed E-state index contributed by atoms with van der Waals surface area (Å²) in [4.78, 5) is 57.8. The molecule has 88 heavy (non-hydrogen) atoms. The molecule has 10 aliphatic heterocycles. The lowest BCUT2D eigenvalue weighted by Gasteiger charge is -2.57. The van der Waals surface area contributed by atoms with Gasteiger partial charge in [0.15, 0.2) is 22.9 Å². The van der Waals surface area contributed by atoms with Gasteiger partial charge in [-0.1, -0.05) is 82.6 Å². The first kappa shape index (κ1) is 60.1. The van der Waals surface area contributed by atoms with Gasteiger partial charge < -0.3 is 39.3 Å². The van der Waals surface area contributed by atoms with Crippen LogP contribution in [0.2, 0.25) is 0 Å². The number of amides is 2. The Balaban J connectivity index is 0.000000134. The number of aliphatic hydroxyl groups excluding tert-OH is 1. The molecule has 0 saturated carbocycles. The number of thioether (sulfide) groups is 2. The zero-order chi connectivity index (χ0) is 60.0. The normalized spacial score (nSPS) is 27.6. The Labute approximate surface area is 516 Å². The molecule has 0 aliphatic carbocycles. The van der Waals surface area contributed by atoms with E-state index in [2.05, 4.69) is 12.3 Å². The molecule has 464 valence electrons.